The topological polar surface area (TPSA) is 120 Å². The average molecular weight is 407 g/mol. The first kappa shape index (κ1) is 21.5. The summed E-state index contributed by atoms with van der Waals surface area (Å²) in [6.45, 7) is 6.51. The van der Waals surface area contributed by atoms with Crippen molar-refractivity contribution in [2.24, 2.45) is 5.14 Å². The van der Waals surface area contributed by atoms with Crippen LogP contribution in [-0.4, -0.2) is 33.6 Å². The van der Waals surface area contributed by atoms with Crippen molar-refractivity contribution in [1.29, 1.82) is 0 Å². The average Bonchev–Trinajstić information content (AvgIpc) is 2.64. The summed E-state index contributed by atoms with van der Waals surface area (Å²) in [6, 6.07) is 10.5. The summed E-state index contributed by atoms with van der Waals surface area (Å²) in [5.74, 6) is 0.956. The van der Waals surface area contributed by atoms with Crippen LogP contribution < -0.4 is 25.2 Å². The Balaban J connectivity index is 2.04. The van der Waals surface area contributed by atoms with Crippen molar-refractivity contribution in [2.75, 3.05) is 23.8 Å². The zero-order valence-electron chi connectivity index (χ0n) is 16.1. The lowest BCUT2D eigenvalue weighted by atomic mass is 10.2. The van der Waals surface area contributed by atoms with Gasteiger partial charge in [0.05, 0.1) is 18.1 Å². The number of benzene rings is 2. The zero-order chi connectivity index (χ0) is 20.7. The van der Waals surface area contributed by atoms with Gasteiger partial charge in [0, 0.05) is 17.4 Å². The molecule has 0 radical (unpaired) electrons. The number of sulfonamides is 1. The quantitative estimate of drug-likeness (QED) is 0.588. The molecular weight excluding hydrogens is 382 g/mol. The molecule has 0 aliphatic heterocycles. The fraction of sp³-hybridized carbons (Fsp3) is 0.316. The molecule has 0 saturated heterocycles. The predicted molar refractivity (Wildman–Crippen MR) is 108 cm³/mol. The number of carbonyl (C=O) groups excluding carboxylic acids is 1. The molecule has 0 spiro atoms. The fourth-order valence-corrected chi connectivity index (χ4v) is 2.95. The molecule has 0 aromatic heterocycles. The van der Waals surface area contributed by atoms with Gasteiger partial charge in [0.1, 0.15) is 6.04 Å². The maximum Gasteiger partial charge on any atom is 0.246 e. The van der Waals surface area contributed by atoms with Crippen molar-refractivity contribution in [2.45, 2.75) is 31.7 Å². The van der Waals surface area contributed by atoms with Crippen LogP contribution in [-0.2, 0) is 14.8 Å². The van der Waals surface area contributed by atoms with Crippen molar-refractivity contribution in [1.82, 2.24) is 0 Å². The number of hydrogen-bond donors (Lipinski definition) is 3. The van der Waals surface area contributed by atoms with E-state index in [0.717, 1.165) is 0 Å². The SMILES string of the molecule is CCOc1ccc(N[C@@H](C)C(=O)Nc2ccc(S(N)(=O)=O)cc2)cc1OCC. The molecule has 0 fully saturated rings. The molecule has 0 bridgehead atoms. The highest BCUT2D eigenvalue weighted by Gasteiger charge is 2.15. The van der Waals surface area contributed by atoms with E-state index in [2.05, 4.69) is 10.6 Å². The molecule has 0 saturated carbocycles. The van der Waals surface area contributed by atoms with Gasteiger partial charge in [-0.1, -0.05) is 0 Å². The molecule has 1 atom stereocenters. The molecule has 0 heterocycles. The van der Waals surface area contributed by atoms with Gasteiger partial charge in [-0.3, -0.25) is 4.79 Å². The van der Waals surface area contributed by atoms with E-state index < -0.39 is 16.1 Å². The molecule has 152 valence electrons. The third-order valence-electron chi connectivity index (χ3n) is 3.77. The molecule has 9 heteroatoms. The Morgan fingerprint density at radius 2 is 1.57 bits per heavy atom. The van der Waals surface area contributed by atoms with Crippen LogP contribution in [0, 0.1) is 0 Å². The molecular formula is C19H25N3O5S. The Hall–Kier alpha value is -2.78. The van der Waals surface area contributed by atoms with Gasteiger partial charge in [-0.25, -0.2) is 13.6 Å². The van der Waals surface area contributed by atoms with Crippen LogP contribution in [0.15, 0.2) is 47.4 Å². The van der Waals surface area contributed by atoms with E-state index in [1.54, 1.807) is 25.1 Å². The third kappa shape index (κ3) is 5.86. The van der Waals surface area contributed by atoms with Gasteiger partial charge in [-0.05, 0) is 57.2 Å². The predicted octanol–water partition coefficient (Wildman–Crippen LogP) is 2.57. The van der Waals surface area contributed by atoms with E-state index in [0.29, 0.717) is 36.1 Å². The van der Waals surface area contributed by atoms with E-state index in [1.807, 2.05) is 13.8 Å². The van der Waals surface area contributed by atoms with Crippen LogP contribution in [0.5, 0.6) is 11.5 Å². The van der Waals surface area contributed by atoms with E-state index in [1.165, 1.54) is 24.3 Å². The lowest BCUT2D eigenvalue weighted by molar-refractivity contribution is -0.116. The minimum Gasteiger partial charge on any atom is -0.490 e. The lowest BCUT2D eigenvalue weighted by Gasteiger charge is -2.17. The van der Waals surface area contributed by atoms with Gasteiger partial charge in [0.25, 0.3) is 0 Å². The van der Waals surface area contributed by atoms with Crippen molar-refractivity contribution in [3.05, 3.63) is 42.5 Å². The van der Waals surface area contributed by atoms with E-state index in [9.17, 15) is 13.2 Å². The summed E-state index contributed by atoms with van der Waals surface area (Å²) in [7, 11) is -3.77. The summed E-state index contributed by atoms with van der Waals surface area (Å²) in [5.41, 5.74) is 1.17. The molecule has 0 aliphatic rings. The van der Waals surface area contributed by atoms with Crippen LogP contribution in [0.1, 0.15) is 20.8 Å². The van der Waals surface area contributed by atoms with E-state index in [-0.39, 0.29) is 10.8 Å². The molecule has 28 heavy (non-hydrogen) atoms. The summed E-state index contributed by atoms with van der Waals surface area (Å²) in [4.78, 5) is 12.4. The number of rotatable bonds is 9. The number of anilines is 2. The molecule has 8 nitrogen and oxygen atoms in total. The Bertz CT molecular complexity index is 914. The van der Waals surface area contributed by atoms with Crippen LogP contribution in [0.4, 0.5) is 11.4 Å². The smallest absolute Gasteiger partial charge is 0.246 e. The summed E-state index contributed by atoms with van der Waals surface area (Å²) in [5, 5.41) is 10.9. The van der Waals surface area contributed by atoms with Crippen molar-refractivity contribution in [3.8, 4) is 11.5 Å². The van der Waals surface area contributed by atoms with Crippen molar-refractivity contribution >= 4 is 27.3 Å². The maximum atomic E-state index is 12.4. The third-order valence-corrected chi connectivity index (χ3v) is 4.70. The molecule has 1 amide bonds. The second kappa shape index (κ2) is 9.43. The molecule has 0 unspecified atom stereocenters. The molecule has 2 rings (SSSR count). The molecule has 2 aromatic rings. The molecule has 2 aromatic carbocycles. The minimum atomic E-state index is -3.77. The normalized spacial score (nSPS) is 12.1. The van der Waals surface area contributed by atoms with E-state index in [4.69, 9.17) is 14.6 Å². The monoisotopic (exact) mass is 407 g/mol. The van der Waals surface area contributed by atoms with E-state index >= 15 is 0 Å². The van der Waals surface area contributed by atoms with Crippen molar-refractivity contribution in [3.63, 3.8) is 0 Å². The Labute approximate surface area is 165 Å². The number of nitrogens with two attached hydrogens (primary N) is 1. The van der Waals surface area contributed by atoms with Crippen LogP contribution in [0.3, 0.4) is 0 Å². The zero-order valence-corrected chi connectivity index (χ0v) is 16.9. The van der Waals surface area contributed by atoms with Crippen LogP contribution in [0.25, 0.3) is 0 Å². The second-order valence-electron chi connectivity index (χ2n) is 5.95. The van der Waals surface area contributed by atoms with Gasteiger partial charge < -0.3 is 20.1 Å². The largest absolute Gasteiger partial charge is 0.490 e. The number of nitrogens with one attached hydrogen (secondary N) is 2. The number of primary sulfonamides is 1. The Morgan fingerprint density at radius 1 is 1.00 bits per heavy atom. The Morgan fingerprint density at radius 3 is 2.14 bits per heavy atom. The highest BCUT2D eigenvalue weighted by molar-refractivity contribution is 7.89. The van der Waals surface area contributed by atoms with Gasteiger partial charge in [-0.2, -0.15) is 0 Å². The number of amides is 1. The first-order chi connectivity index (χ1) is 13.2. The minimum absolute atomic E-state index is 0.0190. The standard InChI is InChI=1S/C19H25N3O5S/c1-4-26-17-11-8-15(12-18(17)27-5-2)21-13(3)19(23)22-14-6-9-16(10-7-14)28(20,24)25/h6-13,21H,4-5H2,1-3H3,(H,22,23)(H2,20,24,25)/t13-/m0/s1. The summed E-state index contributed by atoms with van der Waals surface area (Å²) in [6.07, 6.45) is 0. The molecule has 0 aliphatic carbocycles. The van der Waals surface area contributed by atoms with Gasteiger partial charge >= 0.3 is 0 Å². The van der Waals surface area contributed by atoms with Gasteiger partial charge in [0.15, 0.2) is 11.5 Å². The maximum absolute atomic E-state index is 12.4. The molecule has 4 N–H and O–H groups in total. The van der Waals surface area contributed by atoms with Gasteiger partial charge in [-0.15, -0.1) is 0 Å². The lowest BCUT2D eigenvalue weighted by Crippen LogP contribution is -2.31. The Kier molecular flexibility index (Phi) is 7.24. The summed E-state index contributed by atoms with van der Waals surface area (Å²) >= 11 is 0. The highest BCUT2D eigenvalue weighted by atomic mass is 32.2. The second-order valence-corrected chi connectivity index (χ2v) is 7.51. The van der Waals surface area contributed by atoms with Crippen LogP contribution in [0.2, 0.25) is 0 Å². The first-order valence-corrected chi connectivity index (χ1v) is 10.4. The number of hydrogen-bond acceptors (Lipinski definition) is 6. The summed E-state index contributed by atoms with van der Waals surface area (Å²) < 4.78 is 33.7. The number of carbonyl (C=O) groups is 1. The number of ether oxygens (including phenoxy) is 2. The highest BCUT2D eigenvalue weighted by Crippen LogP contribution is 2.31. The van der Waals surface area contributed by atoms with Gasteiger partial charge in [0.2, 0.25) is 15.9 Å². The van der Waals surface area contributed by atoms with Crippen molar-refractivity contribution < 1.29 is 22.7 Å². The first-order valence-electron chi connectivity index (χ1n) is 8.84. The van der Waals surface area contributed by atoms with Crippen LogP contribution >= 0.6 is 0 Å². The fourth-order valence-electron chi connectivity index (χ4n) is 2.43.